The predicted molar refractivity (Wildman–Crippen MR) is 88.6 cm³/mol. The fourth-order valence-corrected chi connectivity index (χ4v) is 3.80. The van der Waals surface area contributed by atoms with E-state index >= 15 is 0 Å². The quantitative estimate of drug-likeness (QED) is 0.524. The van der Waals surface area contributed by atoms with Crippen molar-refractivity contribution >= 4 is 34.4 Å². The first-order chi connectivity index (χ1) is 10.8. The van der Waals surface area contributed by atoms with Gasteiger partial charge in [-0.15, -0.1) is 20.4 Å². The monoisotopic (exact) mass is 335 g/mol. The Morgan fingerprint density at radius 3 is 3.00 bits per heavy atom. The van der Waals surface area contributed by atoms with Crippen LogP contribution in [0.15, 0.2) is 16.7 Å². The van der Waals surface area contributed by atoms with Crippen LogP contribution < -0.4 is 5.32 Å². The van der Waals surface area contributed by atoms with Crippen molar-refractivity contribution in [1.82, 2.24) is 30.0 Å². The summed E-state index contributed by atoms with van der Waals surface area (Å²) in [6.07, 6.45) is 3.55. The van der Waals surface area contributed by atoms with Crippen LogP contribution in [0.2, 0.25) is 0 Å². The molecule has 0 amide bonds. The zero-order chi connectivity index (χ0) is 15.4. The Morgan fingerprint density at radius 2 is 2.23 bits per heavy atom. The summed E-state index contributed by atoms with van der Waals surface area (Å²) < 4.78 is 2.76. The smallest absolute Gasteiger partial charge is 0.200 e. The first-order valence-electron chi connectivity index (χ1n) is 7.13. The van der Waals surface area contributed by atoms with Gasteiger partial charge in [-0.25, -0.2) is 0 Å². The Bertz CT molecular complexity index is 752. The minimum Gasteiger partial charge on any atom is -0.382 e. The normalized spacial score (nSPS) is 11.2. The van der Waals surface area contributed by atoms with E-state index < -0.39 is 0 Å². The van der Waals surface area contributed by atoms with Crippen molar-refractivity contribution < 1.29 is 0 Å². The van der Waals surface area contributed by atoms with Crippen LogP contribution in [0.3, 0.4) is 0 Å². The summed E-state index contributed by atoms with van der Waals surface area (Å²) in [6.45, 7) is 4.94. The number of anilines is 1. The average Bonchev–Trinajstić information content (AvgIpc) is 3.15. The summed E-state index contributed by atoms with van der Waals surface area (Å²) in [5.41, 5.74) is 2.78. The summed E-state index contributed by atoms with van der Waals surface area (Å²) in [7, 11) is 0. The Morgan fingerprint density at radius 1 is 1.32 bits per heavy atom. The van der Waals surface area contributed by atoms with Crippen molar-refractivity contribution in [3.63, 3.8) is 0 Å². The van der Waals surface area contributed by atoms with Gasteiger partial charge >= 0.3 is 0 Å². The van der Waals surface area contributed by atoms with Crippen molar-refractivity contribution in [2.45, 2.75) is 31.0 Å². The van der Waals surface area contributed by atoms with E-state index in [4.69, 9.17) is 0 Å². The van der Waals surface area contributed by atoms with Gasteiger partial charge in [-0.2, -0.15) is 9.61 Å². The highest BCUT2D eigenvalue weighted by atomic mass is 32.2. The highest BCUT2D eigenvalue weighted by Crippen LogP contribution is 2.22. The Balaban J connectivity index is 1.54. The van der Waals surface area contributed by atoms with E-state index in [-0.39, 0.29) is 0 Å². The van der Waals surface area contributed by atoms with Gasteiger partial charge in [-0.1, -0.05) is 30.0 Å². The first kappa shape index (κ1) is 15.2. The molecule has 1 N–H and O–H groups in total. The third-order valence-electron chi connectivity index (χ3n) is 3.05. The minimum atomic E-state index is 0.768. The molecule has 0 aliphatic heterocycles. The lowest BCUT2D eigenvalue weighted by Crippen LogP contribution is -2.07. The molecule has 0 saturated heterocycles. The van der Waals surface area contributed by atoms with Crippen LogP contribution in [0.25, 0.3) is 5.65 Å². The van der Waals surface area contributed by atoms with E-state index in [1.165, 1.54) is 0 Å². The summed E-state index contributed by atoms with van der Waals surface area (Å²) in [5, 5.41) is 25.0. The van der Waals surface area contributed by atoms with Crippen LogP contribution in [0.4, 0.5) is 5.69 Å². The van der Waals surface area contributed by atoms with E-state index in [2.05, 4.69) is 37.7 Å². The van der Waals surface area contributed by atoms with Crippen LogP contribution in [-0.4, -0.2) is 42.3 Å². The number of nitrogens with zero attached hydrogens (tertiary/aromatic N) is 6. The van der Waals surface area contributed by atoms with Crippen molar-refractivity contribution in [1.29, 1.82) is 0 Å². The lowest BCUT2D eigenvalue weighted by atomic mass is 10.3. The van der Waals surface area contributed by atoms with Gasteiger partial charge in [-0.3, -0.25) is 0 Å². The van der Waals surface area contributed by atoms with Gasteiger partial charge < -0.3 is 5.32 Å². The lowest BCUT2D eigenvalue weighted by Gasteiger charge is -2.08. The number of nitrogens with one attached hydrogen (secondary N) is 1. The zero-order valence-corrected chi connectivity index (χ0v) is 14.1. The maximum absolute atomic E-state index is 4.43. The second kappa shape index (κ2) is 7.01. The van der Waals surface area contributed by atoms with Crippen molar-refractivity contribution in [3.8, 4) is 0 Å². The van der Waals surface area contributed by atoms with Gasteiger partial charge in [0, 0.05) is 12.3 Å². The molecule has 3 heterocycles. The molecule has 0 aliphatic rings. The number of thioether (sulfide) groups is 1. The molecule has 116 valence electrons. The van der Waals surface area contributed by atoms with Crippen molar-refractivity contribution in [2.75, 3.05) is 17.6 Å². The number of aryl methyl sites for hydroxylation is 2. The summed E-state index contributed by atoms with van der Waals surface area (Å²) in [6, 6.07) is 2.05. The molecule has 3 rings (SSSR count). The van der Waals surface area contributed by atoms with Gasteiger partial charge in [0.1, 0.15) is 11.3 Å². The lowest BCUT2D eigenvalue weighted by molar-refractivity contribution is 0.855. The summed E-state index contributed by atoms with van der Waals surface area (Å²) >= 11 is 3.39. The standard InChI is InChI=1S/C13H17N7S2/c1-3-10-7-11(12-17-15-8-20(12)19-10)14-5-4-6-21-13-18-16-9(2)22-13/h7-8,14H,3-6H2,1-2H3. The molecule has 0 aromatic carbocycles. The highest BCUT2D eigenvalue weighted by Gasteiger charge is 2.07. The molecule has 0 fully saturated rings. The Kier molecular flexibility index (Phi) is 4.84. The molecule has 0 saturated carbocycles. The van der Waals surface area contributed by atoms with Crippen molar-refractivity contribution in [2.24, 2.45) is 0 Å². The van der Waals surface area contributed by atoms with Gasteiger partial charge in [0.05, 0.1) is 11.4 Å². The second-order valence-corrected chi connectivity index (χ2v) is 7.24. The Labute approximate surface area is 136 Å². The molecule has 22 heavy (non-hydrogen) atoms. The Hall–Kier alpha value is -1.74. The molecule has 3 aromatic heterocycles. The summed E-state index contributed by atoms with van der Waals surface area (Å²) in [5.74, 6) is 1.01. The van der Waals surface area contributed by atoms with Gasteiger partial charge in [0.2, 0.25) is 5.65 Å². The largest absolute Gasteiger partial charge is 0.382 e. The molecule has 3 aromatic rings. The topological polar surface area (TPSA) is 80.9 Å². The molecule has 0 radical (unpaired) electrons. The zero-order valence-electron chi connectivity index (χ0n) is 12.5. The number of rotatable bonds is 7. The van der Waals surface area contributed by atoms with E-state index in [9.17, 15) is 0 Å². The van der Waals surface area contributed by atoms with Crippen molar-refractivity contribution in [3.05, 3.63) is 23.1 Å². The molecular weight excluding hydrogens is 318 g/mol. The van der Waals surface area contributed by atoms with Gasteiger partial charge in [0.25, 0.3) is 0 Å². The van der Waals surface area contributed by atoms with E-state index in [0.29, 0.717) is 0 Å². The maximum atomic E-state index is 4.43. The molecule has 0 aliphatic carbocycles. The third-order valence-corrected chi connectivity index (χ3v) is 5.11. The SMILES string of the molecule is CCc1cc(NCCCSc2nnc(C)s2)c2nncn2n1. The fraction of sp³-hybridized carbons (Fsp3) is 0.462. The minimum absolute atomic E-state index is 0.768. The molecule has 0 unspecified atom stereocenters. The predicted octanol–water partition coefficient (Wildman–Crippen LogP) is 2.44. The molecule has 7 nitrogen and oxygen atoms in total. The molecule has 0 bridgehead atoms. The van der Waals surface area contributed by atoms with Crippen LogP contribution in [0, 0.1) is 6.92 Å². The highest BCUT2D eigenvalue weighted by molar-refractivity contribution is 8.01. The van der Waals surface area contributed by atoms with Crippen LogP contribution >= 0.6 is 23.1 Å². The third kappa shape index (κ3) is 3.53. The number of fused-ring (bicyclic) bond motifs is 1. The number of hydrogen-bond donors (Lipinski definition) is 1. The van der Waals surface area contributed by atoms with Gasteiger partial charge in [-0.05, 0) is 25.8 Å². The van der Waals surface area contributed by atoms with E-state index in [0.717, 1.165) is 51.5 Å². The fourth-order valence-electron chi connectivity index (χ4n) is 1.97. The van der Waals surface area contributed by atoms with E-state index in [1.54, 1.807) is 33.9 Å². The maximum Gasteiger partial charge on any atom is 0.200 e. The second-order valence-electron chi connectivity index (χ2n) is 4.72. The first-order valence-corrected chi connectivity index (χ1v) is 8.93. The van der Waals surface area contributed by atoms with Crippen LogP contribution in [-0.2, 0) is 6.42 Å². The van der Waals surface area contributed by atoms with Crippen LogP contribution in [0.5, 0.6) is 0 Å². The molecule has 0 atom stereocenters. The molecular formula is C13H17N7S2. The van der Waals surface area contributed by atoms with Gasteiger partial charge in [0.15, 0.2) is 4.34 Å². The number of hydrogen-bond acceptors (Lipinski definition) is 8. The van der Waals surface area contributed by atoms with E-state index in [1.807, 2.05) is 13.0 Å². The summed E-state index contributed by atoms with van der Waals surface area (Å²) in [4.78, 5) is 0. The molecule has 0 spiro atoms. The number of aromatic nitrogens is 6. The van der Waals surface area contributed by atoms with Crippen LogP contribution in [0.1, 0.15) is 24.0 Å². The molecule has 9 heteroatoms. The average molecular weight is 335 g/mol.